The van der Waals surface area contributed by atoms with E-state index in [0.717, 1.165) is 0 Å². The van der Waals surface area contributed by atoms with E-state index in [4.69, 9.17) is 38.5 Å². The number of hydrogen-bond donors (Lipinski definition) is 0. The van der Waals surface area contributed by atoms with Gasteiger partial charge in [-0.15, -0.1) is 0 Å². The molecule has 0 aliphatic rings. The second-order valence-electron chi connectivity index (χ2n) is 0.894. The van der Waals surface area contributed by atoms with E-state index in [1.807, 2.05) is 0 Å². The Bertz CT molecular complexity index is 127. The standard InChI is InChI=1S/2Ce.2H3O4P/c;;2*1-5(2,3)4/h;;2*(H3,1,2,3,4)/q2*+3;;/p-6. The van der Waals surface area contributed by atoms with Crippen LogP contribution in [0.1, 0.15) is 0 Å². The van der Waals surface area contributed by atoms with Gasteiger partial charge in [-0.05, 0) is 0 Å². The third kappa shape index (κ3) is 210. The molecule has 66 valence electrons. The fourth-order valence-electron chi connectivity index (χ4n) is 0. The van der Waals surface area contributed by atoms with Gasteiger partial charge in [0.2, 0.25) is 0 Å². The molecule has 0 amide bonds. The molecular formula is Ce2O8P2. The number of rotatable bonds is 0. The Labute approximate surface area is 135 Å². The van der Waals surface area contributed by atoms with E-state index in [1.54, 1.807) is 0 Å². The Kier molecular flexibility index (Phi) is 21.2. The molecular weight excluding hydrogens is 470 g/mol. The molecule has 0 atom stereocenters. The Morgan fingerprint density at radius 1 is 0.583 bits per heavy atom. The largest absolute Gasteiger partial charge is 3.00 e. The van der Waals surface area contributed by atoms with Crippen LogP contribution in [0.3, 0.4) is 0 Å². The Balaban J connectivity index is -0.0000000457. The van der Waals surface area contributed by atoms with Crippen molar-refractivity contribution in [1.29, 1.82) is 0 Å². The predicted molar refractivity (Wildman–Crippen MR) is 15.2 cm³/mol. The minimum absolute atomic E-state index is 0. The average molecular weight is 470 g/mol. The first-order chi connectivity index (χ1) is 4.00. The van der Waals surface area contributed by atoms with Gasteiger partial charge < -0.3 is 38.5 Å². The zero-order chi connectivity index (χ0) is 9.00. The molecule has 0 aliphatic carbocycles. The Morgan fingerprint density at radius 3 is 0.583 bits per heavy atom. The van der Waals surface area contributed by atoms with Crippen molar-refractivity contribution >= 4 is 15.6 Å². The molecule has 0 bridgehead atoms. The van der Waals surface area contributed by atoms with E-state index in [9.17, 15) is 0 Å². The fourth-order valence-corrected chi connectivity index (χ4v) is 0. The molecule has 0 N–H and O–H groups in total. The second kappa shape index (κ2) is 10.5. The maximum atomic E-state index is 8.55. The minimum atomic E-state index is -5.39. The van der Waals surface area contributed by atoms with Crippen LogP contribution in [0.5, 0.6) is 0 Å². The first-order valence-corrected chi connectivity index (χ1v) is 4.38. The number of hydrogen-bond acceptors (Lipinski definition) is 8. The van der Waals surface area contributed by atoms with Gasteiger partial charge in [0.25, 0.3) is 0 Å². The van der Waals surface area contributed by atoms with Gasteiger partial charge in [0.15, 0.2) is 0 Å². The van der Waals surface area contributed by atoms with Gasteiger partial charge in [-0.3, -0.25) is 0 Å². The molecule has 0 fully saturated rings. The van der Waals surface area contributed by atoms with Crippen molar-refractivity contribution in [2.45, 2.75) is 0 Å². The van der Waals surface area contributed by atoms with Crippen LogP contribution in [0.25, 0.3) is 0 Å². The predicted octanol–water partition coefficient (Wildman–Crippen LogP) is -5.65. The fraction of sp³-hybridized carbons (Fsp3) is 0. The van der Waals surface area contributed by atoms with Crippen LogP contribution in [0, 0.1) is 83.5 Å². The summed E-state index contributed by atoms with van der Waals surface area (Å²) in [7, 11) is -10.8. The summed E-state index contributed by atoms with van der Waals surface area (Å²) in [6, 6.07) is 0. The van der Waals surface area contributed by atoms with Gasteiger partial charge in [-0.25, -0.2) is 0 Å². The van der Waals surface area contributed by atoms with E-state index in [1.165, 1.54) is 0 Å². The monoisotopic (exact) mass is 470 g/mol. The van der Waals surface area contributed by atoms with Crippen LogP contribution >= 0.6 is 15.6 Å². The molecule has 0 saturated heterocycles. The van der Waals surface area contributed by atoms with Gasteiger partial charge >= 0.3 is 83.5 Å². The molecule has 2 radical (unpaired) electrons. The molecule has 0 unspecified atom stereocenters. The molecule has 0 spiro atoms. The zero-order valence-corrected chi connectivity index (χ0v) is 13.2. The summed E-state index contributed by atoms with van der Waals surface area (Å²) >= 11 is 0. The van der Waals surface area contributed by atoms with Crippen molar-refractivity contribution in [3.05, 3.63) is 0 Å². The third-order valence-electron chi connectivity index (χ3n) is 0. The van der Waals surface area contributed by atoms with Crippen LogP contribution in [-0.4, -0.2) is 0 Å². The normalized spacial score (nSPS) is 9.83. The molecule has 0 rings (SSSR count). The van der Waals surface area contributed by atoms with Crippen LogP contribution in [0.15, 0.2) is 0 Å². The van der Waals surface area contributed by atoms with Gasteiger partial charge in [-0.2, -0.15) is 15.6 Å². The van der Waals surface area contributed by atoms with Crippen molar-refractivity contribution in [3.63, 3.8) is 0 Å². The molecule has 0 aromatic rings. The average Bonchev–Trinajstić information content (AvgIpc) is 1.12. The summed E-state index contributed by atoms with van der Waals surface area (Å²) < 4.78 is 17.1. The summed E-state index contributed by atoms with van der Waals surface area (Å²) in [6.45, 7) is 0. The van der Waals surface area contributed by atoms with Gasteiger partial charge in [0.1, 0.15) is 0 Å². The van der Waals surface area contributed by atoms with Crippen molar-refractivity contribution in [2.75, 3.05) is 0 Å². The number of phosphoric acid groups is 2. The van der Waals surface area contributed by atoms with Crippen LogP contribution in [0.2, 0.25) is 0 Å². The SMILES string of the molecule is O=P([O-])([O-])[O-].O=P([O-])([O-])[O-].[Ce+3].[Ce+3]. The van der Waals surface area contributed by atoms with Crippen LogP contribution < -0.4 is 29.4 Å². The van der Waals surface area contributed by atoms with E-state index in [2.05, 4.69) is 0 Å². The third-order valence-corrected chi connectivity index (χ3v) is 0. The van der Waals surface area contributed by atoms with Crippen molar-refractivity contribution in [3.8, 4) is 0 Å². The molecule has 8 nitrogen and oxygen atoms in total. The summed E-state index contributed by atoms with van der Waals surface area (Å²) in [5.41, 5.74) is 0. The Morgan fingerprint density at radius 2 is 0.583 bits per heavy atom. The first kappa shape index (κ1) is 24.3. The summed E-state index contributed by atoms with van der Waals surface area (Å²) in [5, 5.41) is 0. The molecule has 12 heteroatoms. The molecule has 0 aromatic carbocycles. The molecule has 0 heterocycles. The van der Waals surface area contributed by atoms with Gasteiger partial charge in [0, 0.05) is 0 Å². The van der Waals surface area contributed by atoms with E-state index in [-0.39, 0.29) is 83.5 Å². The van der Waals surface area contributed by atoms with Crippen molar-refractivity contribution in [1.82, 2.24) is 0 Å². The Hall–Kier alpha value is 2.97. The minimum Gasteiger partial charge on any atom is -0.822 e. The molecule has 12 heavy (non-hydrogen) atoms. The summed E-state index contributed by atoms with van der Waals surface area (Å²) in [4.78, 5) is 51.3. The van der Waals surface area contributed by atoms with E-state index in [0.29, 0.717) is 0 Å². The quantitative estimate of drug-likeness (QED) is 0.315. The molecule has 0 saturated carbocycles. The first-order valence-electron chi connectivity index (χ1n) is 1.46. The maximum absolute atomic E-state index is 8.55. The van der Waals surface area contributed by atoms with E-state index >= 15 is 0 Å². The van der Waals surface area contributed by atoms with Crippen molar-refractivity contribution < 1.29 is 122 Å². The smallest absolute Gasteiger partial charge is 0.822 e. The summed E-state index contributed by atoms with van der Waals surface area (Å²) in [5.74, 6) is 0. The molecule has 0 aromatic heterocycles. The van der Waals surface area contributed by atoms with Crippen LogP contribution in [0.4, 0.5) is 0 Å². The van der Waals surface area contributed by atoms with Gasteiger partial charge in [-0.1, -0.05) is 0 Å². The maximum Gasteiger partial charge on any atom is 3.00 e. The second-order valence-corrected chi connectivity index (χ2v) is 2.68. The topological polar surface area (TPSA) is 172 Å². The van der Waals surface area contributed by atoms with Crippen molar-refractivity contribution in [2.24, 2.45) is 0 Å². The van der Waals surface area contributed by atoms with Crippen LogP contribution in [-0.2, 0) is 9.13 Å². The van der Waals surface area contributed by atoms with E-state index < -0.39 is 15.6 Å². The summed E-state index contributed by atoms with van der Waals surface area (Å²) in [6.07, 6.45) is 0. The molecule has 0 aliphatic heterocycles. The van der Waals surface area contributed by atoms with Gasteiger partial charge in [0.05, 0.1) is 0 Å². The zero-order valence-electron chi connectivity index (χ0n) is 5.16.